The van der Waals surface area contributed by atoms with Crippen LogP contribution in [0.15, 0.2) is 28.8 Å². The van der Waals surface area contributed by atoms with Crippen molar-refractivity contribution in [2.75, 3.05) is 19.7 Å². The van der Waals surface area contributed by atoms with Gasteiger partial charge in [-0.25, -0.2) is 4.98 Å². The van der Waals surface area contributed by atoms with Crippen molar-refractivity contribution in [2.45, 2.75) is 32.5 Å². The minimum Gasteiger partial charge on any atom is -0.477 e. The lowest BCUT2D eigenvalue weighted by atomic mass is 9.98. The Kier molecular flexibility index (Phi) is 5.27. The van der Waals surface area contributed by atoms with Gasteiger partial charge in [0.2, 0.25) is 5.88 Å². The van der Waals surface area contributed by atoms with Crippen LogP contribution in [-0.4, -0.2) is 34.7 Å². The molecule has 2 aromatic rings. The maximum absolute atomic E-state index is 12.7. The van der Waals surface area contributed by atoms with E-state index < -0.39 is 11.9 Å². The minimum absolute atomic E-state index is 0.0226. The molecule has 0 atom stereocenters. The van der Waals surface area contributed by atoms with Crippen LogP contribution in [0.4, 0.5) is 13.2 Å². The van der Waals surface area contributed by atoms with Crippen LogP contribution in [-0.2, 0) is 12.7 Å². The van der Waals surface area contributed by atoms with E-state index in [9.17, 15) is 13.2 Å². The van der Waals surface area contributed by atoms with Crippen LogP contribution in [0, 0.1) is 12.8 Å². The lowest BCUT2D eigenvalue weighted by Gasteiger charge is -2.30. The second-order valence-electron chi connectivity index (χ2n) is 6.32. The summed E-state index contributed by atoms with van der Waals surface area (Å²) in [5.41, 5.74) is -0.0611. The van der Waals surface area contributed by atoms with E-state index in [1.165, 1.54) is 12.1 Å². The summed E-state index contributed by atoms with van der Waals surface area (Å²) in [6.07, 6.45) is -2.61. The van der Waals surface area contributed by atoms with Crippen LogP contribution in [0.5, 0.6) is 5.88 Å². The van der Waals surface area contributed by atoms with Gasteiger partial charge >= 0.3 is 6.18 Å². The Hall–Kier alpha value is -2.09. The third-order valence-electron chi connectivity index (χ3n) is 4.24. The molecule has 5 nitrogen and oxygen atoms in total. The van der Waals surface area contributed by atoms with Crippen molar-refractivity contribution in [3.05, 3.63) is 41.4 Å². The molecule has 0 aliphatic carbocycles. The zero-order valence-corrected chi connectivity index (χ0v) is 13.9. The molecular weight excluding hydrogens is 335 g/mol. The molecular formula is C17H20F3N3O2. The first-order chi connectivity index (χ1) is 11.9. The highest BCUT2D eigenvalue weighted by Crippen LogP contribution is 2.29. The van der Waals surface area contributed by atoms with Crippen molar-refractivity contribution in [3.8, 4) is 5.88 Å². The fourth-order valence-electron chi connectivity index (χ4n) is 2.88. The first-order valence-corrected chi connectivity index (χ1v) is 8.22. The van der Waals surface area contributed by atoms with Gasteiger partial charge in [0.25, 0.3) is 0 Å². The summed E-state index contributed by atoms with van der Waals surface area (Å²) in [6.45, 7) is 4.78. The quantitative estimate of drug-likeness (QED) is 0.819. The highest BCUT2D eigenvalue weighted by molar-refractivity contribution is 5.17. The summed E-state index contributed by atoms with van der Waals surface area (Å²) >= 11 is 0. The smallest absolute Gasteiger partial charge is 0.433 e. The second kappa shape index (κ2) is 7.43. The summed E-state index contributed by atoms with van der Waals surface area (Å²) < 4.78 is 48.7. The van der Waals surface area contributed by atoms with Gasteiger partial charge < -0.3 is 9.26 Å². The molecule has 1 aliphatic heterocycles. The first kappa shape index (κ1) is 17.7. The van der Waals surface area contributed by atoms with E-state index >= 15 is 0 Å². The Labute approximate surface area is 143 Å². The topological polar surface area (TPSA) is 51.4 Å². The maximum atomic E-state index is 12.7. The number of likely N-dealkylation sites (tertiary alicyclic amines) is 1. The molecule has 0 bridgehead atoms. The number of rotatable bonds is 5. The standard InChI is InChI=1S/C17H20F3N3O2/c1-12-9-14(25-22-12)10-23-7-5-13(6-8-23)11-24-16-4-2-3-15(21-16)17(18,19)20/h2-4,9,13H,5-8,10-11H2,1H3. The van der Waals surface area contributed by atoms with Crippen LogP contribution >= 0.6 is 0 Å². The lowest BCUT2D eigenvalue weighted by Crippen LogP contribution is -2.35. The average Bonchev–Trinajstić information content (AvgIpc) is 2.99. The normalized spacial score (nSPS) is 17.0. The van der Waals surface area contributed by atoms with Crippen molar-refractivity contribution < 1.29 is 22.4 Å². The van der Waals surface area contributed by atoms with Gasteiger partial charge in [-0.15, -0.1) is 0 Å². The summed E-state index contributed by atoms with van der Waals surface area (Å²) in [5.74, 6) is 1.18. The largest absolute Gasteiger partial charge is 0.477 e. The van der Waals surface area contributed by atoms with E-state index in [1.807, 2.05) is 13.0 Å². The van der Waals surface area contributed by atoms with Crippen LogP contribution < -0.4 is 4.74 Å². The molecule has 0 unspecified atom stereocenters. The number of hydrogen-bond acceptors (Lipinski definition) is 5. The molecule has 3 heterocycles. The number of ether oxygens (including phenoxy) is 1. The number of halogens is 3. The van der Waals surface area contributed by atoms with Gasteiger partial charge in [-0.05, 0) is 44.8 Å². The van der Waals surface area contributed by atoms with Crippen molar-refractivity contribution in [2.24, 2.45) is 5.92 Å². The van der Waals surface area contributed by atoms with Gasteiger partial charge in [0, 0.05) is 12.1 Å². The molecule has 25 heavy (non-hydrogen) atoms. The maximum Gasteiger partial charge on any atom is 0.433 e. The molecule has 0 aromatic carbocycles. The number of aryl methyl sites for hydroxylation is 1. The van der Waals surface area contributed by atoms with Crippen molar-refractivity contribution in [3.63, 3.8) is 0 Å². The fraction of sp³-hybridized carbons (Fsp3) is 0.529. The lowest BCUT2D eigenvalue weighted by molar-refractivity contribution is -0.141. The molecule has 1 saturated heterocycles. The number of hydrogen-bond donors (Lipinski definition) is 0. The highest BCUT2D eigenvalue weighted by atomic mass is 19.4. The van der Waals surface area contributed by atoms with E-state index in [-0.39, 0.29) is 5.88 Å². The molecule has 0 saturated carbocycles. The number of pyridine rings is 1. The molecule has 3 rings (SSSR count). The van der Waals surface area contributed by atoms with Crippen LogP contribution in [0.2, 0.25) is 0 Å². The van der Waals surface area contributed by atoms with Crippen molar-refractivity contribution in [1.29, 1.82) is 0 Å². The van der Waals surface area contributed by atoms with Gasteiger partial charge in [0.1, 0.15) is 5.69 Å². The molecule has 0 N–H and O–H groups in total. The van der Waals surface area contributed by atoms with Crippen LogP contribution in [0.3, 0.4) is 0 Å². The predicted octanol–water partition coefficient (Wildman–Crippen LogP) is 3.69. The first-order valence-electron chi connectivity index (χ1n) is 8.22. The van der Waals surface area contributed by atoms with E-state index in [2.05, 4.69) is 15.0 Å². The third kappa shape index (κ3) is 4.94. The zero-order valence-electron chi connectivity index (χ0n) is 13.9. The van der Waals surface area contributed by atoms with Gasteiger partial charge in [0.05, 0.1) is 18.8 Å². The molecule has 8 heteroatoms. The molecule has 0 radical (unpaired) electrons. The Bertz CT molecular complexity index is 694. The van der Waals surface area contributed by atoms with E-state index in [4.69, 9.17) is 9.26 Å². The van der Waals surface area contributed by atoms with Gasteiger partial charge in [-0.3, -0.25) is 4.90 Å². The third-order valence-corrected chi connectivity index (χ3v) is 4.24. The van der Waals surface area contributed by atoms with Gasteiger partial charge in [-0.1, -0.05) is 11.2 Å². The predicted molar refractivity (Wildman–Crippen MR) is 84.0 cm³/mol. The molecule has 136 valence electrons. The molecule has 2 aromatic heterocycles. The van der Waals surface area contributed by atoms with Gasteiger partial charge in [0.15, 0.2) is 5.76 Å². The van der Waals surface area contributed by atoms with E-state index in [0.717, 1.165) is 50.0 Å². The van der Waals surface area contributed by atoms with E-state index in [1.54, 1.807) is 0 Å². The highest BCUT2D eigenvalue weighted by Gasteiger charge is 2.32. The average molecular weight is 355 g/mol. The second-order valence-corrected chi connectivity index (χ2v) is 6.32. The Morgan fingerprint density at radius 2 is 2.04 bits per heavy atom. The minimum atomic E-state index is -4.45. The number of nitrogens with zero attached hydrogens (tertiary/aromatic N) is 3. The SMILES string of the molecule is Cc1cc(CN2CCC(COc3cccc(C(F)(F)F)n3)CC2)on1. The number of piperidine rings is 1. The van der Waals surface area contributed by atoms with Crippen molar-refractivity contribution >= 4 is 0 Å². The Morgan fingerprint density at radius 3 is 2.68 bits per heavy atom. The monoisotopic (exact) mass is 355 g/mol. The summed E-state index contributed by atoms with van der Waals surface area (Å²) in [6, 6.07) is 5.63. The molecule has 0 amide bonds. The van der Waals surface area contributed by atoms with E-state index in [0.29, 0.717) is 12.5 Å². The summed E-state index contributed by atoms with van der Waals surface area (Å²) in [7, 11) is 0. The number of aromatic nitrogens is 2. The van der Waals surface area contributed by atoms with Crippen LogP contribution in [0.1, 0.15) is 30.0 Å². The Morgan fingerprint density at radius 1 is 1.28 bits per heavy atom. The summed E-state index contributed by atoms with van der Waals surface area (Å²) in [5, 5.41) is 3.88. The molecule has 1 fully saturated rings. The number of alkyl halides is 3. The molecule has 1 aliphatic rings. The van der Waals surface area contributed by atoms with Gasteiger partial charge in [-0.2, -0.15) is 13.2 Å². The fourth-order valence-corrected chi connectivity index (χ4v) is 2.88. The zero-order chi connectivity index (χ0) is 17.9. The summed E-state index contributed by atoms with van der Waals surface area (Å²) in [4.78, 5) is 5.80. The Balaban J connectivity index is 1.45. The molecule has 0 spiro atoms. The van der Waals surface area contributed by atoms with Crippen LogP contribution in [0.25, 0.3) is 0 Å². The van der Waals surface area contributed by atoms with Crippen molar-refractivity contribution in [1.82, 2.24) is 15.0 Å².